The van der Waals surface area contributed by atoms with Crippen LogP contribution in [0.1, 0.15) is 37.7 Å². The van der Waals surface area contributed by atoms with Gasteiger partial charge in [0.05, 0.1) is 0 Å². The van der Waals surface area contributed by atoms with Gasteiger partial charge < -0.3 is 16.0 Å². The van der Waals surface area contributed by atoms with Crippen molar-refractivity contribution in [1.82, 2.24) is 9.80 Å². The van der Waals surface area contributed by atoms with Gasteiger partial charge in [-0.3, -0.25) is 9.69 Å². The lowest BCUT2D eigenvalue weighted by Gasteiger charge is -2.32. The minimum Gasteiger partial charge on any atom is -0.330 e. The Hall–Kier alpha value is -1.43. The lowest BCUT2D eigenvalue weighted by atomic mass is 10.1. The molecule has 0 saturated carbocycles. The predicted octanol–water partition coefficient (Wildman–Crippen LogP) is 2.28. The monoisotopic (exact) mass is 332 g/mol. The highest BCUT2D eigenvalue weighted by atomic mass is 16.1. The van der Waals surface area contributed by atoms with Crippen LogP contribution in [-0.4, -0.2) is 55.5 Å². The van der Waals surface area contributed by atoms with E-state index in [2.05, 4.69) is 34.3 Å². The van der Waals surface area contributed by atoms with E-state index in [0.29, 0.717) is 6.42 Å². The Bertz CT molecular complexity index is 498. The molecule has 1 aromatic carbocycles. The van der Waals surface area contributed by atoms with Crippen LogP contribution in [0.5, 0.6) is 0 Å². The molecular formula is C19H32N4O. The van der Waals surface area contributed by atoms with Crippen molar-refractivity contribution in [3.05, 3.63) is 29.8 Å². The summed E-state index contributed by atoms with van der Waals surface area (Å²) in [6.45, 7) is 6.16. The molecule has 0 aliphatic carbocycles. The molecule has 1 aliphatic rings. The maximum atomic E-state index is 12.0. The zero-order valence-corrected chi connectivity index (χ0v) is 15.0. The summed E-state index contributed by atoms with van der Waals surface area (Å²) in [6.07, 6.45) is 4.77. The Balaban J connectivity index is 1.74. The van der Waals surface area contributed by atoms with Crippen molar-refractivity contribution in [3.63, 3.8) is 0 Å². The van der Waals surface area contributed by atoms with Gasteiger partial charge in [-0.25, -0.2) is 0 Å². The van der Waals surface area contributed by atoms with E-state index in [1.54, 1.807) is 0 Å². The molecule has 134 valence electrons. The summed E-state index contributed by atoms with van der Waals surface area (Å²) in [7, 11) is 2.17. The van der Waals surface area contributed by atoms with Crippen LogP contribution in [0.25, 0.3) is 0 Å². The third-order valence-corrected chi connectivity index (χ3v) is 4.57. The maximum absolute atomic E-state index is 12.0. The van der Waals surface area contributed by atoms with Crippen LogP contribution in [0.4, 0.5) is 5.69 Å². The molecule has 0 bridgehead atoms. The molecular weight excluding hydrogens is 300 g/mol. The van der Waals surface area contributed by atoms with Crippen LogP contribution in [0.3, 0.4) is 0 Å². The summed E-state index contributed by atoms with van der Waals surface area (Å²) in [5, 5.41) is 3.03. The van der Waals surface area contributed by atoms with Crippen molar-refractivity contribution < 1.29 is 4.79 Å². The van der Waals surface area contributed by atoms with Crippen molar-refractivity contribution >= 4 is 11.6 Å². The van der Waals surface area contributed by atoms with E-state index in [0.717, 1.165) is 70.6 Å². The van der Waals surface area contributed by atoms with Gasteiger partial charge in [0.2, 0.25) is 5.91 Å². The van der Waals surface area contributed by atoms with Gasteiger partial charge in [-0.1, -0.05) is 25.0 Å². The van der Waals surface area contributed by atoms with Gasteiger partial charge in [0, 0.05) is 44.8 Å². The van der Waals surface area contributed by atoms with E-state index in [1.807, 2.05) is 12.1 Å². The van der Waals surface area contributed by atoms with Crippen LogP contribution in [-0.2, 0) is 11.3 Å². The highest BCUT2D eigenvalue weighted by Crippen LogP contribution is 2.14. The number of carbonyl (C=O) groups is 1. The average molecular weight is 332 g/mol. The molecule has 0 atom stereocenters. The number of anilines is 1. The molecule has 5 nitrogen and oxygen atoms in total. The zero-order chi connectivity index (χ0) is 17.2. The van der Waals surface area contributed by atoms with Gasteiger partial charge in [-0.2, -0.15) is 0 Å². The topological polar surface area (TPSA) is 61.6 Å². The average Bonchev–Trinajstić information content (AvgIpc) is 2.57. The second-order valence-corrected chi connectivity index (χ2v) is 6.78. The number of nitrogens with two attached hydrogens (primary N) is 1. The molecule has 2 rings (SSSR count). The molecule has 0 aromatic heterocycles. The van der Waals surface area contributed by atoms with Gasteiger partial charge in [-0.05, 0) is 44.1 Å². The van der Waals surface area contributed by atoms with Gasteiger partial charge in [0.25, 0.3) is 0 Å². The van der Waals surface area contributed by atoms with E-state index >= 15 is 0 Å². The molecule has 0 unspecified atom stereocenters. The molecule has 3 N–H and O–H groups in total. The Kier molecular flexibility index (Phi) is 8.22. The number of likely N-dealkylation sites (N-methyl/N-ethyl adjacent to an activating group) is 1. The fourth-order valence-corrected chi connectivity index (χ4v) is 3.02. The smallest absolute Gasteiger partial charge is 0.224 e. The fourth-order valence-electron chi connectivity index (χ4n) is 3.02. The standard InChI is InChI=1S/C19H32N4O/c1-22-11-13-23(14-12-22)16-17-7-6-8-18(15-17)21-19(24)9-4-2-3-5-10-20/h6-8,15H,2-5,9-14,16,20H2,1H3,(H,21,24). The van der Waals surface area contributed by atoms with Crippen molar-refractivity contribution in [2.24, 2.45) is 5.73 Å². The summed E-state index contributed by atoms with van der Waals surface area (Å²) in [4.78, 5) is 16.9. The van der Waals surface area contributed by atoms with Crippen molar-refractivity contribution in [3.8, 4) is 0 Å². The first-order valence-corrected chi connectivity index (χ1v) is 9.17. The van der Waals surface area contributed by atoms with Crippen molar-refractivity contribution in [1.29, 1.82) is 0 Å². The van der Waals surface area contributed by atoms with Crippen LogP contribution in [0, 0.1) is 0 Å². The number of nitrogens with zero attached hydrogens (tertiary/aromatic N) is 2. The Morgan fingerprint density at radius 3 is 2.62 bits per heavy atom. The quantitative estimate of drug-likeness (QED) is 0.681. The number of hydrogen-bond acceptors (Lipinski definition) is 4. The van der Waals surface area contributed by atoms with Crippen LogP contribution in [0.2, 0.25) is 0 Å². The van der Waals surface area contributed by atoms with Crippen LogP contribution < -0.4 is 11.1 Å². The number of rotatable bonds is 9. The molecule has 24 heavy (non-hydrogen) atoms. The second kappa shape index (κ2) is 10.4. The minimum atomic E-state index is 0.111. The number of piperazine rings is 1. The molecule has 1 fully saturated rings. The molecule has 0 spiro atoms. The first-order valence-electron chi connectivity index (χ1n) is 9.17. The van der Waals surface area contributed by atoms with E-state index < -0.39 is 0 Å². The number of benzene rings is 1. The van der Waals surface area contributed by atoms with E-state index in [1.165, 1.54) is 5.56 Å². The number of amides is 1. The predicted molar refractivity (Wildman–Crippen MR) is 100.0 cm³/mol. The lowest BCUT2D eigenvalue weighted by Crippen LogP contribution is -2.43. The molecule has 1 aromatic rings. The Morgan fingerprint density at radius 2 is 1.88 bits per heavy atom. The van der Waals surface area contributed by atoms with E-state index in [-0.39, 0.29) is 5.91 Å². The van der Waals surface area contributed by atoms with Gasteiger partial charge >= 0.3 is 0 Å². The van der Waals surface area contributed by atoms with Crippen molar-refractivity contribution in [2.45, 2.75) is 38.6 Å². The zero-order valence-electron chi connectivity index (χ0n) is 15.0. The number of unbranched alkanes of at least 4 members (excludes halogenated alkanes) is 3. The Morgan fingerprint density at radius 1 is 1.12 bits per heavy atom. The molecule has 5 heteroatoms. The van der Waals surface area contributed by atoms with Gasteiger partial charge in [0.1, 0.15) is 0 Å². The summed E-state index contributed by atoms with van der Waals surface area (Å²) in [6, 6.07) is 8.24. The number of nitrogens with one attached hydrogen (secondary N) is 1. The lowest BCUT2D eigenvalue weighted by molar-refractivity contribution is -0.116. The second-order valence-electron chi connectivity index (χ2n) is 6.78. The van der Waals surface area contributed by atoms with Gasteiger partial charge in [0.15, 0.2) is 0 Å². The van der Waals surface area contributed by atoms with Crippen LogP contribution >= 0.6 is 0 Å². The highest BCUT2D eigenvalue weighted by Gasteiger charge is 2.14. The third-order valence-electron chi connectivity index (χ3n) is 4.57. The fraction of sp³-hybridized carbons (Fsp3) is 0.632. The maximum Gasteiger partial charge on any atom is 0.224 e. The molecule has 0 radical (unpaired) electrons. The first-order chi connectivity index (χ1) is 11.7. The molecule has 1 heterocycles. The summed E-state index contributed by atoms with van der Waals surface area (Å²) < 4.78 is 0. The first kappa shape index (κ1) is 18.9. The molecule has 1 saturated heterocycles. The Labute approximate surface area is 146 Å². The normalized spacial score (nSPS) is 16.2. The van der Waals surface area contributed by atoms with E-state index in [9.17, 15) is 4.79 Å². The van der Waals surface area contributed by atoms with Crippen LogP contribution in [0.15, 0.2) is 24.3 Å². The summed E-state index contributed by atoms with van der Waals surface area (Å²) >= 11 is 0. The highest BCUT2D eigenvalue weighted by molar-refractivity contribution is 5.90. The van der Waals surface area contributed by atoms with E-state index in [4.69, 9.17) is 5.73 Å². The summed E-state index contributed by atoms with van der Waals surface area (Å²) in [5.74, 6) is 0.111. The third kappa shape index (κ3) is 6.99. The van der Waals surface area contributed by atoms with Crippen molar-refractivity contribution in [2.75, 3.05) is 45.1 Å². The molecule has 1 aliphatic heterocycles. The molecule has 1 amide bonds. The van der Waals surface area contributed by atoms with Gasteiger partial charge in [-0.15, -0.1) is 0 Å². The number of hydrogen-bond donors (Lipinski definition) is 2. The number of carbonyl (C=O) groups excluding carboxylic acids is 1. The largest absolute Gasteiger partial charge is 0.330 e. The SMILES string of the molecule is CN1CCN(Cc2cccc(NC(=O)CCCCCCN)c2)CC1. The summed E-state index contributed by atoms with van der Waals surface area (Å²) in [5.41, 5.74) is 7.65. The minimum absolute atomic E-state index is 0.111.